The van der Waals surface area contributed by atoms with Crippen molar-refractivity contribution in [3.05, 3.63) is 59.1 Å². The number of hydrogen-bond donors (Lipinski definition) is 1. The van der Waals surface area contributed by atoms with Gasteiger partial charge in [-0.05, 0) is 61.0 Å². The Hall–Kier alpha value is -2.51. The van der Waals surface area contributed by atoms with Crippen LogP contribution < -0.4 is 10.2 Å². The molecule has 0 aliphatic heterocycles. The van der Waals surface area contributed by atoms with Gasteiger partial charge in [0.15, 0.2) is 6.61 Å². The van der Waals surface area contributed by atoms with Gasteiger partial charge in [-0.1, -0.05) is 11.6 Å². The molecule has 0 aromatic heterocycles. The van der Waals surface area contributed by atoms with Crippen LogP contribution in [-0.2, 0) is 14.3 Å². The molecule has 0 spiro atoms. The highest BCUT2D eigenvalue weighted by Gasteiger charge is 2.03. The van der Waals surface area contributed by atoms with E-state index in [4.69, 9.17) is 21.1 Å². The predicted octanol–water partition coefficient (Wildman–Crippen LogP) is 3.52. The fourth-order valence-electron chi connectivity index (χ4n) is 1.89. The third-order valence-electron chi connectivity index (χ3n) is 3.13. The van der Waals surface area contributed by atoms with Gasteiger partial charge in [-0.15, -0.1) is 11.8 Å². The second kappa shape index (κ2) is 11.3. The fourth-order valence-corrected chi connectivity index (χ4v) is 2.70. The summed E-state index contributed by atoms with van der Waals surface area (Å²) in [5.74, 6) is 0.172. The van der Waals surface area contributed by atoms with E-state index in [1.54, 1.807) is 43.3 Å². The first-order chi connectivity index (χ1) is 13.1. The van der Waals surface area contributed by atoms with Gasteiger partial charge in [0.05, 0.1) is 18.6 Å². The summed E-state index contributed by atoms with van der Waals surface area (Å²) < 4.78 is 10.1. The van der Waals surface area contributed by atoms with Crippen LogP contribution >= 0.6 is 23.4 Å². The third kappa shape index (κ3) is 8.15. The van der Waals surface area contributed by atoms with Gasteiger partial charge in [0.25, 0.3) is 0 Å². The van der Waals surface area contributed by atoms with Gasteiger partial charge in [0, 0.05) is 9.92 Å². The van der Waals surface area contributed by atoms with Crippen molar-refractivity contribution in [3.8, 4) is 5.75 Å². The Balaban J connectivity index is 1.72. The molecule has 2 rings (SSSR count). The molecule has 0 atom stereocenters. The van der Waals surface area contributed by atoms with Crippen LogP contribution in [0.15, 0.2) is 58.5 Å². The van der Waals surface area contributed by atoms with Crippen LogP contribution in [0.25, 0.3) is 0 Å². The minimum Gasteiger partial charge on any atom is -0.482 e. The molecule has 0 bridgehead atoms. The Morgan fingerprint density at radius 2 is 1.85 bits per heavy atom. The van der Waals surface area contributed by atoms with E-state index in [1.165, 1.54) is 18.0 Å². The van der Waals surface area contributed by atoms with Gasteiger partial charge in [-0.25, -0.2) is 10.2 Å². The number of nitrogens with zero attached hydrogens (tertiary/aromatic N) is 1. The summed E-state index contributed by atoms with van der Waals surface area (Å²) >= 11 is 7.22. The quantitative estimate of drug-likeness (QED) is 0.298. The maximum Gasteiger partial charge on any atom is 0.344 e. The number of nitrogens with one attached hydrogen (secondary N) is 1. The average Bonchev–Trinajstić information content (AvgIpc) is 2.67. The minimum absolute atomic E-state index is 0.136. The van der Waals surface area contributed by atoms with Crippen LogP contribution in [0.2, 0.25) is 5.02 Å². The fraction of sp³-hybridized carbons (Fsp3) is 0.211. The number of benzene rings is 2. The van der Waals surface area contributed by atoms with E-state index in [0.29, 0.717) is 17.4 Å². The van der Waals surface area contributed by atoms with Gasteiger partial charge < -0.3 is 9.47 Å². The zero-order valence-corrected chi connectivity index (χ0v) is 16.3. The molecule has 1 amide bonds. The first-order valence-electron chi connectivity index (χ1n) is 8.15. The molecule has 142 valence electrons. The zero-order chi connectivity index (χ0) is 19.5. The van der Waals surface area contributed by atoms with Crippen molar-refractivity contribution < 1.29 is 19.1 Å². The Labute approximate surface area is 166 Å². The van der Waals surface area contributed by atoms with E-state index >= 15 is 0 Å². The van der Waals surface area contributed by atoms with Crippen LogP contribution in [0.5, 0.6) is 5.75 Å². The molecular weight excluding hydrogens is 388 g/mol. The summed E-state index contributed by atoms with van der Waals surface area (Å²) in [6.07, 6.45) is 1.53. The van der Waals surface area contributed by atoms with E-state index in [2.05, 4.69) is 10.5 Å². The van der Waals surface area contributed by atoms with Gasteiger partial charge in [0.2, 0.25) is 5.91 Å². The van der Waals surface area contributed by atoms with E-state index < -0.39 is 5.97 Å². The second-order valence-corrected chi connectivity index (χ2v) is 6.68. The number of ether oxygens (including phenoxy) is 2. The number of amides is 1. The second-order valence-electron chi connectivity index (χ2n) is 5.20. The SMILES string of the molecule is CCOC(=O)COc1ccc(/C=N\NC(=O)CSc2ccc(Cl)cc2)cc1. The number of halogens is 1. The molecule has 0 heterocycles. The number of hydrogen-bond acceptors (Lipinski definition) is 6. The standard InChI is InChI=1S/C19H19ClN2O4S/c1-2-25-19(24)12-26-16-7-3-14(4-8-16)11-21-22-18(23)13-27-17-9-5-15(20)6-10-17/h3-11H,2,12-13H2,1H3,(H,22,23)/b21-11-. The molecule has 0 radical (unpaired) electrons. The molecule has 0 saturated carbocycles. The molecule has 2 aromatic rings. The number of hydrazone groups is 1. The lowest BCUT2D eigenvalue weighted by Crippen LogP contribution is -2.19. The first kappa shape index (κ1) is 20.8. The Morgan fingerprint density at radius 1 is 1.15 bits per heavy atom. The highest BCUT2D eigenvalue weighted by Crippen LogP contribution is 2.19. The molecule has 6 nitrogen and oxygen atoms in total. The Morgan fingerprint density at radius 3 is 2.52 bits per heavy atom. The van der Waals surface area contributed by atoms with Crippen molar-refractivity contribution in [2.45, 2.75) is 11.8 Å². The van der Waals surface area contributed by atoms with Gasteiger partial charge in [-0.2, -0.15) is 5.10 Å². The number of rotatable bonds is 9. The molecule has 0 fully saturated rings. The number of carbonyl (C=O) groups is 2. The van der Waals surface area contributed by atoms with E-state index in [1.807, 2.05) is 12.1 Å². The smallest absolute Gasteiger partial charge is 0.344 e. The van der Waals surface area contributed by atoms with Crippen molar-refractivity contribution in [1.82, 2.24) is 5.43 Å². The van der Waals surface area contributed by atoms with E-state index in [9.17, 15) is 9.59 Å². The summed E-state index contributed by atoms with van der Waals surface area (Å²) in [5.41, 5.74) is 3.25. The summed E-state index contributed by atoms with van der Waals surface area (Å²) in [4.78, 5) is 24.0. The van der Waals surface area contributed by atoms with Crippen molar-refractivity contribution in [1.29, 1.82) is 0 Å². The lowest BCUT2D eigenvalue weighted by atomic mass is 10.2. The van der Waals surface area contributed by atoms with Crippen LogP contribution in [0, 0.1) is 0 Å². The monoisotopic (exact) mass is 406 g/mol. The first-order valence-corrected chi connectivity index (χ1v) is 9.52. The highest BCUT2D eigenvalue weighted by molar-refractivity contribution is 8.00. The minimum atomic E-state index is -0.415. The largest absolute Gasteiger partial charge is 0.482 e. The van der Waals surface area contributed by atoms with Crippen molar-refractivity contribution in [3.63, 3.8) is 0 Å². The molecule has 1 N–H and O–H groups in total. The van der Waals surface area contributed by atoms with Crippen LogP contribution in [-0.4, -0.2) is 37.1 Å². The zero-order valence-electron chi connectivity index (χ0n) is 14.7. The molecule has 0 unspecified atom stereocenters. The maximum atomic E-state index is 11.8. The van der Waals surface area contributed by atoms with Crippen LogP contribution in [0.1, 0.15) is 12.5 Å². The summed E-state index contributed by atoms with van der Waals surface area (Å²) in [6, 6.07) is 14.2. The molecule has 0 aliphatic carbocycles. The van der Waals surface area contributed by atoms with E-state index in [0.717, 1.165) is 10.5 Å². The molecule has 27 heavy (non-hydrogen) atoms. The number of esters is 1. The van der Waals surface area contributed by atoms with Crippen molar-refractivity contribution >= 4 is 41.5 Å². The molecule has 0 saturated heterocycles. The number of thioether (sulfide) groups is 1. The van der Waals surface area contributed by atoms with Gasteiger partial charge in [-0.3, -0.25) is 4.79 Å². The van der Waals surface area contributed by atoms with Crippen LogP contribution in [0.4, 0.5) is 0 Å². The summed E-state index contributed by atoms with van der Waals surface area (Å²) in [6.45, 7) is 1.92. The molecule has 8 heteroatoms. The Bertz CT molecular complexity index is 779. The lowest BCUT2D eigenvalue weighted by Gasteiger charge is -2.05. The molecule has 0 aliphatic rings. The van der Waals surface area contributed by atoms with Crippen molar-refractivity contribution in [2.24, 2.45) is 5.10 Å². The van der Waals surface area contributed by atoms with E-state index in [-0.39, 0.29) is 18.3 Å². The highest BCUT2D eigenvalue weighted by atomic mass is 35.5. The third-order valence-corrected chi connectivity index (χ3v) is 4.39. The summed E-state index contributed by atoms with van der Waals surface area (Å²) in [7, 11) is 0. The number of carbonyl (C=O) groups excluding carboxylic acids is 2. The van der Waals surface area contributed by atoms with Gasteiger partial charge >= 0.3 is 5.97 Å². The molecule has 2 aromatic carbocycles. The maximum absolute atomic E-state index is 11.8. The normalized spacial score (nSPS) is 10.6. The Kier molecular flexibility index (Phi) is 8.67. The topological polar surface area (TPSA) is 77.0 Å². The summed E-state index contributed by atoms with van der Waals surface area (Å²) in [5, 5.41) is 4.58. The lowest BCUT2D eigenvalue weighted by molar-refractivity contribution is -0.145. The average molecular weight is 407 g/mol. The predicted molar refractivity (Wildman–Crippen MR) is 106 cm³/mol. The van der Waals surface area contributed by atoms with Crippen molar-refractivity contribution in [2.75, 3.05) is 19.0 Å². The molecular formula is C19H19ClN2O4S. The van der Waals surface area contributed by atoms with Gasteiger partial charge in [0.1, 0.15) is 5.75 Å². The van der Waals surface area contributed by atoms with Crippen LogP contribution in [0.3, 0.4) is 0 Å².